The second-order valence-electron chi connectivity index (χ2n) is 8.36. The minimum atomic E-state index is -0.310. The molecular weight excluding hydrogens is 392 g/mol. The van der Waals surface area contributed by atoms with E-state index in [0.717, 1.165) is 5.56 Å². The topological polar surface area (TPSA) is 59.1 Å². The van der Waals surface area contributed by atoms with Gasteiger partial charge in [-0.15, -0.1) is 0 Å². The Balaban J connectivity index is 1.74. The van der Waals surface area contributed by atoms with Crippen LogP contribution in [0.1, 0.15) is 33.3 Å². The van der Waals surface area contributed by atoms with E-state index in [-0.39, 0.29) is 30.1 Å². The van der Waals surface area contributed by atoms with E-state index in [2.05, 4.69) is 0 Å². The maximum atomic E-state index is 13.6. The lowest BCUT2D eigenvalue weighted by Gasteiger charge is -2.37. The maximum Gasteiger partial charge on any atom is 0.282 e. The smallest absolute Gasteiger partial charge is 0.282 e. The SMILES string of the molecule is CC(C)Oc1ccc(N2C(=O)C(c3ccccc3)=C(N3CC(C)OC(C)C3)C2=O)cc1. The molecule has 4 rings (SSSR count). The van der Waals surface area contributed by atoms with Crippen LogP contribution < -0.4 is 9.64 Å². The zero-order valence-electron chi connectivity index (χ0n) is 18.4. The normalized spacial score (nSPS) is 22.0. The van der Waals surface area contributed by atoms with Crippen LogP contribution in [0.15, 0.2) is 60.3 Å². The Kier molecular flexibility index (Phi) is 5.83. The van der Waals surface area contributed by atoms with E-state index >= 15 is 0 Å². The highest BCUT2D eigenvalue weighted by Crippen LogP contribution is 2.36. The number of hydrogen-bond acceptors (Lipinski definition) is 5. The minimum absolute atomic E-state index is 0.0299. The Morgan fingerprint density at radius 1 is 0.903 bits per heavy atom. The Morgan fingerprint density at radius 2 is 1.52 bits per heavy atom. The number of imide groups is 1. The molecule has 0 aromatic heterocycles. The minimum Gasteiger partial charge on any atom is -0.491 e. The fourth-order valence-electron chi connectivity index (χ4n) is 4.22. The number of benzene rings is 2. The second kappa shape index (κ2) is 8.55. The molecule has 2 heterocycles. The first-order chi connectivity index (χ1) is 14.8. The molecule has 0 spiro atoms. The van der Waals surface area contributed by atoms with Crippen LogP contribution in [0.25, 0.3) is 5.57 Å². The summed E-state index contributed by atoms with van der Waals surface area (Å²) in [6, 6.07) is 16.5. The van der Waals surface area contributed by atoms with Crippen molar-refractivity contribution in [2.45, 2.75) is 46.0 Å². The average molecular weight is 421 g/mol. The summed E-state index contributed by atoms with van der Waals surface area (Å²) < 4.78 is 11.5. The van der Waals surface area contributed by atoms with E-state index in [1.807, 2.05) is 62.9 Å². The van der Waals surface area contributed by atoms with Crippen LogP contribution in [0.4, 0.5) is 5.69 Å². The van der Waals surface area contributed by atoms with Gasteiger partial charge in [0, 0.05) is 13.1 Å². The lowest BCUT2D eigenvalue weighted by Crippen LogP contribution is -2.47. The third kappa shape index (κ3) is 4.21. The summed E-state index contributed by atoms with van der Waals surface area (Å²) in [5.74, 6) is 0.0864. The highest BCUT2D eigenvalue weighted by Gasteiger charge is 2.43. The van der Waals surface area contributed by atoms with Crippen molar-refractivity contribution in [2.75, 3.05) is 18.0 Å². The van der Waals surface area contributed by atoms with Gasteiger partial charge in [0.05, 0.1) is 29.6 Å². The molecule has 2 amide bonds. The van der Waals surface area contributed by atoms with Gasteiger partial charge in [-0.3, -0.25) is 9.59 Å². The van der Waals surface area contributed by atoms with Gasteiger partial charge >= 0.3 is 0 Å². The number of nitrogens with zero attached hydrogens (tertiary/aromatic N) is 2. The first kappa shape index (κ1) is 21.1. The van der Waals surface area contributed by atoms with E-state index in [0.29, 0.717) is 35.8 Å². The van der Waals surface area contributed by atoms with Gasteiger partial charge in [0.15, 0.2) is 0 Å². The van der Waals surface area contributed by atoms with Crippen molar-refractivity contribution >= 4 is 23.1 Å². The Morgan fingerprint density at radius 3 is 2.10 bits per heavy atom. The number of carbonyl (C=O) groups is 2. The predicted molar refractivity (Wildman–Crippen MR) is 120 cm³/mol. The van der Waals surface area contributed by atoms with Gasteiger partial charge in [-0.25, -0.2) is 4.90 Å². The molecular formula is C25H28N2O4. The summed E-state index contributed by atoms with van der Waals surface area (Å²) in [5.41, 5.74) is 2.16. The van der Waals surface area contributed by atoms with Crippen molar-refractivity contribution in [3.63, 3.8) is 0 Å². The highest BCUT2D eigenvalue weighted by molar-refractivity contribution is 6.45. The highest BCUT2D eigenvalue weighted by atomic mass is 16.5. The van der Waals surface area contributed by atoms with E-state index in [1.165, 1.54) is 4.90 Å². The van der Waals surface area contributed by atoms with Crippen LogP contribution >= 0.6 is 0 Å². The molecule has 2 aromatic rings. The van der Waals surface area contributed by atoms with Gasteiger partial charge < -0.3 is 14.4 Å². The largest absolute Gasteiger partial charge is 0.491 e. The van der Waals surface area contributed by atoms with Crippen LogP contribution in [0.3, 0.4) is 0 Å². The fraction of sp³-hybridized carbons (Fsp3) is 0.360. The lowest BCUT2D eigenvalue weighted by atomic mass is 10.0. The Bertz CT molecular complexity index is 988. The van der Waals surface area contributed by atoms with Crippen molar-refractivity contribution in [1.29, 1.82) is 0 Å². The van der Waals surface area contributed by atoms with Crippen molar-refractivity contribution in [3.05, 3.63) is 65.9 Å². The molecule has 2 atom stereocenters. The quantitative estimate of drug-likeness (QED) is 0.688. The first-order valence-electron chi connectivity index (χ1n) is 10.7. The number of amides is 2. The molecule has 2 unspecified atom stereocenters. The zero-order chi connectivity index (χ0) is 22.1. The molecule has 2 aliphatic heterocycles. The number of ether oxygens (including phenoxy) is 2. The fourth-order valence-corrected chi connectivity index (χ4v) is 4.22. The molecule has 2 aromatic carbocycles. The summed E-state index contributed by atoms with van der Waals surface area (Å²) in [7, 11) is 0. The zero-order valence-corrected chi connectivity index (χ0v) is 18.4. The van der Waals surface area contributed by atoms with Crippen molar-refractivity contribution in [3.8, 4) is 5.75 Å². The predicted octanol–water partition coefficient (Wildman–Crippen LogP) is 3.87. The first-order valence-corrected chi connectivity index (χ1v) is 10.7. The number of carbonyl (C=O) groups excluding carboxylic acids is 2. The molecule has 2 aliphatic rings. The standard InChI is InChI=1S/C25H28N2O4/c1-16(2)30-21-12-10-20(11-13-21)27-24(28)22(19-8-6-5-7-9-19)23(25(27)29)26-14-17(3)31-18(4)15-26/h5-13,16-18H,14-15H2,1-4H3. The van der Waals surface area contributed by atoms with Crippen molar-refractivity contribution in [1.82, 2.24) is 4.90 Å². The lowest BCUT2D eigenvalue weighted by molar-refractivity contribution is -0.121. The van der Waals surface area contributed by atoms with Gasteiger partial charge in [0.25, 0.3) is 11.8 Å². The molecule has 1 fully saturated rings. The van der Waals surface area contributed by atoms with Gasteiger partial charge in [-0.1, -0.05) is 30.3 Å². The molecule has 0 bridgehead atoms. The number of anilines is 1. The summed E-state index contributed by atoms with van der Waals surface area (Å²) in [4.78, 5) is 30.4. The third-order valence-electron chi connectivity index (χ3n) is 5.32. The number of rotatable bonds is 5. The molecule has 0 N–H and O–H groups in total. The van der Waals surface area contributed by atoms with Crippen LogP contribution in [-0.2, 0) is 14.3 Å². The Labute approximate surface area is 183 Å². The molecule has 1 saturated heterocycles. The van der Waals surface area contributed by atoms with Gasteiger partial charge in [0.1, 0.15) is 11.4 Å². The second-order valence-corrected chi connectivity index (χ2v) is 8.36. The molecule has 0 saturated carbocycles. The van der Waals surface area contributed by atoms with Crippen molar-refractivity contribution in [2.24, 2.45) is 0 Å². The molecule has 6 nitrogen and oxygen atoms in total. The van der Waals surface area contributed by atoms with E-state index in [4.69, 9.17) is 9.47 Å². The van der Waals surface area contributed by atoms with Gasteiger partial charge in [-0.05, 0) is 57.5 Å². The summed E-state index contributed by atoms with van der Waals surface area (Å²) in [6.07, 6.45) is -0.0143. The van der Waals surface area contributed by atoms with Crippen LogP contribution in [-0.4, -0.2) is 48.1 Å². The molecule has 0 aliphatic carbocycles. The monoisotopic (exact) mass is 420 g/mol. The summed E-state index contributed by atoms with van der Waals surface area (Å²) in [6.45, 7) is 8.99. The molecule has 6 heteroatoms. The summed E-state index contributed by atoms with van der Waals surface area (Å²) >= 11 is 0. The molecule has 162 valence electrons. The van der Waals surface area contributed by atoms with E-state index < -0.39 is 0 Å². The van der Waals surface area contributed by atoms with Gasteiger partial charge in [0.2, 0.25) is 0 Å². The van der Waals surface area contributed by atoms with E-state index in [9.17, 15) is 9.59 Å². The summed E-state index contributed by atoms with van der Waals surface area (Å²) in [5, 5.41) is 0. The maximum absolute atomic E-state index is 13.6. The van der Waals surface area contributed by atoms with Crippen LogP contribution in [0.2, 0.25) is 0 Å². The molecule has 31 heavy (non-hydrogen) atoms. The van der Waals surface area contributed by atoms with E-state index in [1.54, 1.807) is 24.3 Å². The Hall–Kier alpha value is -3.12. The third-order valence-corrected chi connectivity index (χ3v) is 5.32. The number of morpholine rings is 1. The van der Waals surface area contributed by atoms with Crippen LogP contribution in [0, 0.1) is 0 Å². The molecule has 0 radical (unpaired) electrons. The number of hydrogen-bond donors (Lipinski definition) is 0. The van der Waals surface area contributed by atoms with Gasteiger partial charge in [-0.2, -0.15) is 0 Å². The van der Waals surface area contributed by atoms with Crippen molar-refractivity contribution < 1.29 is 19.1 Å². The average Bonchev–Trinajstić information content (AvgIpc) is 2.98. The van der Waals surface area contributed by atoms with Crippen LogP contribution in [0.5, 0.6) is 5.75 Å².